The molecule has 0 saturated heterocycles. The summed E-state index contributed by atoms with van der Waals surface area (Å²) in [5.74, 6) is 2.17. The largest absolute Gasteiger partial charge is 0.279 e. The molecule has 4 heteroatoms. The zero-order chi connectivity index (χ0) is 14.5. The Kier molecular flexibility index (Phi) is 2.74. The standard InChI is InChI=1S/C16H16FNOSi/c1-20(2,3)9-6-11-4-5-12-13(10-11)16(7-8-16)15(17)18-14(12)19/h4-5,10H,7-8H2,1-3H3. The molecule has 0 aromatic heterocycles. The molecule has 1 spiro atoms. The van der Waals surface area contributed by atoms with Crippen LogP contribution < -0.4 is 0 Å². The molecule has 1 amide bonds. The Morgan fingerprint density at radius 3 is 2.60 bits per heavy atom. The highest BCUT2D eigenvalue weighted by atomic mass is 28.3. The average Bonchev–Trinajstić information content (AvgIpc) is 3.15. The number of amides is 1. The van der Waals surface area contributed by atoms with Crippen LogP contribution in [0.4, 0.5) is 4.39 Å². The molecule has 0 bridgehead atoms. The highest BCUT2D eigenvalue weighted by Gasteiger charge is 2.54. The van der Waals surface area contributed by atoms with E-state index in [0.717, 1.165) is 24.0 Å². The van der Waals surface area contributed by atoms with Gasteiger partial charge in [0.15, 0.2) is 0 Å². The van der Waals surface area contributed by atoms with Gasteiger partial charge in [0.1, 0.15) is 8.07 Å². The minimum absolute atomic E-state index is 0.472. The van der Waals surface area contributed by atoms with Crippen molar-refractivity contribution in [1.82, 2.24) is 0 Å². The molecular formula is C16H16FNOSi. The number of rotatable bonds is 0. The van der Waals surface area contributed by atoms with Gasteiger partial charge in [-0.25, -0.2) is 0 Å². The van der Waals surface area contributed by atoms with Crippen LogP contribution in [0.25, 0.3) is 0 Å². The molecule has 102 valence electrons. The molecule has 1 fully saturated rings. The van der Waals surface area contributed by atoms with Gasteiger partial charge in [-0.3, -0.25) is 4.79 Å². The van der Waals surface area contributed by atoms with E-state index in [1.807, 2.05) is 12.1 Å². The lowest BCUT2D eigenvalue weighted by Crippen LogP contribution is -2.25. The first-order chi connectivity index (χ1) is 9.32. The van der Waals surface area contributed by atoms with Crippen molar-refractivity contribution in [3.63, 3.8) is 0 Å². The summed E-state index contributed by atoms with van der Waals surface area (Å²) < 4.78 is 14.0. The fourth-order valence-corrected chi connectivity index (χ4v) is 2.95. The molecule has 1 saturated carbocycles. The van der Waals surface area contributed by atoms with Crippen LogP contribution in [0.1, 0.15) is 34.3 Å². The van der Waals surface area contributed by atoms with E-state index in [9.17, 15) is 9.18 Å². The first-order valence-corrected chi connectivity index (χ1v) is 10.3. The van der Waals surface area contributed by atoms with Gasteiger partial charge in [0, 0.05) is 11.1 Å². The molecule has 3 rings (SSSR count). The summed E-state index contributed by atoms with van der Waals surface area (Å²) in [6.07, 6.45) is 1.46. The van der Waals surface area contributed by atoms with E-state index in [2.05, 4.69) is 36.1 Å². The molecule has 1 aromatic rings. The number of hydrogen-bond donors (Lipinski definition) is 0. The molecule has 1 heterocycles. The molecule has 1 aliphatic heterocycles. The van der Waals surface area contributed by atoms with E-state index in [1.54, 1.807) is 6.07 Å². The monoisotopic (exact) mass is 285 g/mol. The van der Waals surface area contributed by atoms with Gasteiger partial charge >= 0.3 is 0 Å². The molecule has 2 nitrogen and oxygen atoms in total. The second kappa shape index (κ2) is 4.13. The van der Waals surface area contributed by atoms with Crippen molar-refractivity contribution < 1.29 is 9.18 Å². The Morgan fingerprint density at radius 1 is 1.30 bits per heavy atom. The summed E-state index contributed by atoms with van der Waals surface area (Å²) in [7, 11) is -1.45. The molecule has 0 radical (unpaired) electrons. The van der Waals surface area contributed by atoms with Gasteiger partial charge in [0.05, 0.1) is 5.41 Å². The zero-order valence-electron chi connectivity index (χ0n) is 11.9. The summed E-state index contributed by atoms with van der Waals surface area (Å²) >= 11 is 0. The van der Waals surface area contributed by atoms with Crippen LogP contribution in [0.5, 0.6) is 0 Å². The van der Waals surface area contributed by atoms with E-state index in [4.69, 9.17) is 0 Å². The number of carbonyl (C=O) groups is 1. The second-order valence-corrected chi connectivity index (χ2v) is 11.3. The minimum atomic E-state index is -1.45. The Labute approximate surface area is 119 Å². The fourth-order valence-electron chi connectivity index (χ4n) is 2.43. The number of aliphatic imine (C=N–C) groups is 1. The normalized spacial score (nSPS) is 19.0. The SMILES string of the molecule is C[Si](C)(C)C#Cc1ccc2c(c1)C1(CC1)C(F)=NC2=O. The number of benzene rings is 1. The van der Waals surface area contributed by atoms with Crippen LogP contribution in [0.2, 0.25) is 19.6 Å². The maximum absolute atomic E-state index is 14.0. The van der Waals surface area contributed by atoms with Crippen LogP contribution in [-0.2, 0) is 5.41 Å². The Morgan fingerprint density at radius 2 is 2.00 bits per heavy atom. The van der Waals surface area contributed by atoms with Crippen LogP contribution >= 0.6 is 0 Å². The predicted molar refractivity (Wildman–Crippen MR) is 80.5 cm³/mol. The summed E-state index contributed by atoms with van der Waals surface area (Å²) in [6, 6.07) is 5.45. The molecular weight excluding hydrogens is 269 g/mol. The minimum Gasteiger partial charge on any atom is -0.267 e. The molecule has 0 atom stereocenters. The smallest absolute Gasteiger partial charge is 0.267 e. The van der Waals surface area contributed by atoms with Gasteiger partial charge < -0.3 is 0 Å². The predicted octanol–water partition coefficient (Wildman–Crippen LogP) is 3.47. The van der Waals surface area contributed by atoms with E-state index in [1.165, 1.54) is 0 Å². The average molecular weight is 285 g/mol. The lowest BCUT2D eigenvalue weighted by molar-refractivity contribution is 0.0997. The maximum atomic E-state index is 14.0. The number of hydrogen-bond acceptors (Lipinski definition) is 1. The van der Waals surface area contributed by atoms with Crippen molar-refractivity contribution in [2.75, 3.05) is 0 Å². The number of carbonyl (C=O) groups excluding carboxylic acids is 1. The molecule has 20 heavy (non-hydrogen) atoms. The van der Waals surface area contributed by atoms with Gasteiger partial charge in [-0.05, 0) is 36.6 Å². The molecule has 2 aliphatic rings. The van der Waals surface area contributed by atoms with Gasteiger partial charge in [0.25, 0.3) is 5.91 Å². The number of nitrogens with zero attached hydrogens (tertiary/aromatic N) is 1. The van der Waals surface area contributed by atoms with E-state index in [-0.39, 0.29) is 0 Å². The van der Waals surface area contributed by atoms with Crippen LogP contribution in [0.3, 0.4) is 0 Å². The van der Waals surface area contributed by atoms with Crippen molar-refractivity contribution in [3.05, 3.63) is 34.9 Å². The zero-order valence-corrected chi connectivity index (χ0v) is 12.9. The highest BCUT2D eigenvalue weighted by molar-refractivity contribution is 6.83. The Bertz CT molecular complexity index is 699. The van der Waals surface area contributed by atoms with Crippen LogP contribution in [0.15, 0.2) is 23.2 Å². The lowest BCUT2D eigenvalue weighted by Gasteiger charge is -2.20. The molecule has 1 aromatic carbocycles. The van der Waals surface area contributed by atoms with E-state index in [0.29, 0.717) is 5.56 Å². The summed E-state index contributed by atoms with van der Waals surface area (Å²) in [5.41, 5.74) is 4.84. The third kappa shape index (κ3) is 2.12. The summed E-state index contributed by atoms with van der Waals surface area (Å²) in [5, 5.41) is 0. The van der Waals surface area contributed by atoms with Gasteiger partial charge in [-0.15, -0.1) is 5.54 Å². The van der Waals surface area contributed by atoms with Crippen molar-refractivity contribution in [3.8, 4) is 11.5 Å². The van der Waals surface area contributed by atoms with Crippen molar-refractivity contribution >= 4 is 19.9 Å². The van der Waals surface area contributed by atoms with Gasteiger partial charge in [0.2, 0.25) is 5.97 Å². The van der Waals surface area contributed by atoms with Gasteiger partial charge in [-0.1, -0.05) is 25.6 Å². The second-order valence-electron chi connectivity index (χ2n) is 6.55. The van der Waals surface area contributed by atoms with Crippen LogP contribution in [-0.4, -0.2) is 19.9 Å². The lowest BCUT2D eigenvalue weighted by atomic mass is 9.87. The third-order valence-electron chi connectivity index (χ3n) is 3.69. The first-order valence-electron chi connectivity index (χ1n) is 6.79. The fraction of sp³-hybridized carbons (Fsp3) is 0.375. The van der Waals surface area contributed by atoms with E-state index >= 15 is 0 Å². The maximum Gasteiger partial charge on any atom is 0.279 e. The molecule has 0 unspecified atom stereocenters. The third-order valence-corrected chi connectivity index (χ3v) is 4.57. The highest BCUT2D eigenvalue weighted by Crippen LogP contribution is 2.53. The topological polar surface area (TPSA) is 29.4 Å². The number of fused-ring (bicyclic) bond motifs is 2. The quantitative estimate of drug-likeness (QED) is 0.530. The van der Waals surface area contributed by atoms with Crippen molar-refractivity contribution in [2.45, 2.75) is 37.9 Å². The summed E-state index contributed by atoms with van der Waals surface area (Å²) in [6.45, 7) is 6.53. The Balaban J connectivity index is 2.08. The van der Waals surface area contributed by atoms with E-state index < -0.39 is 25.4 Å². The van der Waals surface area contributed by atoms with Crippen molar-refractivity contribution in [2.24, 2.45) is 4.99 Å². The first kappa shape index (κ1) is 13.3. The van der Waals surface area contributed by atoms with Crippen molar-refractivity contribution in [1.29, 1.82) is 0 Å². The number of halogens is 1. The summed E-state index contributed by atoms with van der Waals surface area (Å²) in [4.78, 5) is 15.3. The Hall–Kier alpha value is -1.73. The van der Waals surface area contributed by atoms with Gasteiger partial charge in [-0.2, -0.15) is 9.38 Å². The molecule has 0 N–H and O–H groups in total. The van der Waals surface area contributed by atoms with Crippen LogP contribution in [0, 0.1) is 11.5 Å². The molecule has 1 aliphatic carbocycles.